The maximum Gasteiger partial charge on any atom is 0.0113 e. The summed E-state index contributed by atoms with van der Waals surface area (Å²) in [5.74, 6) is 0.778. The lowest BCUT2D eigenvalue weighted by molar-refractivity contribution is 0.143. The molecule has 20 heavy (non-hydrogen) atoms. The summed E-state index contributed by atoms with van der Waals surface area (Å²) >= 11 is 0. The van der Waals surface area contributed by atoms with Crippen molar-refractivity contribution < 1.29 is 0 Å². The second-order valence-electron chi connectivity index (χ2n) is 7.05. The van der Waals surface area contributed by atoms with Crippen molar-refractivity contribution in [2.24, 2.45) is 5.92 Å². The van der Waals surface area contributed by atoms with Gasteiger partial charge in [0, 0.05) is 6.04 Å². The Bertz CT molecular complexity index is 220. The Morgan fingerprint density at radius 1 is 1.05 bits per heavy atom. The molecule has 1 fully saturated rings. The number of unbranched alkanes of at least 4 members (excludes halogenated alkanes) is 3. The summed E-state index contributed by atoms with van der Waals surface area (Å²) in [7, 11) is 4.43. The second-order valence-corrected chi connectivity index (χ2v) is 7.05. The summed E-state index contributed by atoms with van der Waals surface area (Å²) < 4.78 is 0. The van der Waals surface area contributed by atoms with E-state index in [0.717, 1.165) is 12.0 Å². The first-order valence-corrected chi connectivity index (χ1v) is 8.69. The molecule has 0 atom stereocenters. The molecule has 0 aliphatic carbocycles. The van der Waals surface area contributed by atoms with E-state index in [-0.39, 0.29) is 0 Å². The highest BCUT2D eigenvalue weighted by atomic mass is 15.2. The van der Waals surface area contributed by atoms with Gasteiger partial charge in [0.15, 0.2) is 0 Å². The molecular formula is C17H37N3. The third-order valence-electron chi connectivity index (χ3n) is 4.42. The van der Waals surface area contributed by atoms with Gasteiger partial charge in [-0.2, -0.15) is 0 Å². The first-order valence-electron chi connectivity index (χ1n) is 8.69. The third-order valence-corrected chi connectivity index (χ3v) is 4.42. The van der Waals surface area contributed by atoms with Crippen LogP contribution in [0.3, 0.4) is 0 Å². The van der Waals surface area contributed by atoms with Gasteiger partial charge >= 0.3 is 0 Å². The van der Waals surface area contributed by atoms with Gasteiger partial charge in [0.2, 0.25) is 0 Å². The summed E-state index contributed by atoms with van der Waals surface area (Å²) in [6.45, 7) is 10.8. The number of nitrogens with one attached hydrogen (secondary N) is 1. The predicted molar refractivity (Wildman–Crippen MR) is 89.3 cm³/mol. The van der Waals surface area contributed by atoms with Gasteiger partial charge in [0.1, 0.15) is 0 Å². The molecule has 0 amide bonds. The highest BCUT2D eigenvalue weighted by Crippen LogP contribution is 2.14. The van der Waals surface area contributed by atoms with E-state index in [1.807, 2.05) is 0 Å². The van der Waals surface area contributed by atoms with Gasteiger partial charge in [-0.3, -0.25) is 0 Å². The first-order chi connectivity index (χ1) is 9.59. The summed E-state index contributed by atoms with van der Waals surface area (Å²) in [4.78, 5) is 5.05. The van der Waals surface area contributed by atoms with Crippen LogP contribution in [0.4, 0.5) is 0 Å². The largest absolute Gasteiger partial charge is 0.316 e. The molecule has 1 aliphatic heterocycles. The van der Waals surface area contributed by atoms with Gasteiger partial charge in [-0.15, -0.1) is 0 Å². The van der Waals surface area contributed by atoms with Crippen LogP contribution < -0.4 is 5.32 Å². The topological polar surface area (TPSA) is 18.5 Å². The minimum Gasteiger partial charge on any atom is -0.316 e. The van der Waals surface area contributed by atoms with Crippen molar-refractivity contribution in [2.75, 3.05) is 46.8 Å². The van der Waals surface area contributed by atoms with Gasteiger partial charge in [-0.05, 0) is 78.4 Å². The number of hydrogen-bond donors (Lipinski definition) is 1. The molecule has 0 aromatic carbocycles. The van der Waals surface area contributed by atoms with Crippen molar-refractivity contribution in [1.82, 2.24) is 15.1 Å². The molecule has 0 saturated carbocycles. The van der Waals surface area contributed by atoms with Crippen molar-refractivity contribution in [1.29, 1.82) is 0 Å². The van der Waals surface area contributed by atoms with Crippen LogP contribution in [0.25, 0.3) is 0 Å². The fourth-order valence-electron chi connectivity index (χ4n) is 2.99. The van der Waals surface area contributed by atoms with Gasteiger partial charge in [-0.25, -0.2) is 0 Å². The van der Waals surface area contributed by atoms with E-state index in [9.17, 15) is 0 Å². The van der Waals surface area contributed by atoms with Crippen LogP contribution in [-0.4, -0.2) is 62.7 Å². The van der Waals surface area contributed by atoms with Crippen LogP contribution in [0.2, 0.25) is 0 Å². The highest BCUT2D eigenvalue weighted by Gasteiger charge is 2.19. The van der Waals surface area contributed by atoms with E-state index >= 15 is 0 Å². The van der Waals surface area contributed by atoms with Crippen molar-refractivity contribution in [3.8, 4) is 0 Å². The fourth-order valence-corrected chi connectivity index (χ4v) is 2.99. The molecule has 1 saturated heterocycles. The minimum atomic E-state index is 0.778. The molecule has 1 rings (SSSR count). The van der Waals surface area contributed by atoms with E-state index in [2.05, 4.69) is 43.1 Å². The van der Waals surface area contributed by atoms with Crippen LogP contribution >= 0.6 is 0 Å². The van der Waals surface area contributed by atoms with Gasteiger partial charge in [0.05, 0.1) is 0 Å². The SMILES string of the molecule is CC(C)CNCCCCCCN1CCC(N(C)C)CC1. The van der Waals surface area contributed by atoms with E-state index in [4.69, 9.17) is 0 Å². The number of nitrogens with zero attached hydrogens (tertiary/aromatic N) is 2. The molecule has 0 bridgehead atoms. The van der Waals surface area contributed by atoms with Gasteiger partial charge in [0.25, 0.3) is 0 Å². The van der Waals surface area contributed by atoms with Crippen molar-refractivity contribution in [2.45, 2.75) is 58.4 Å². The molecule has 1 aliphatic rings. The normalized spacial score (nSPS) is 18.3. The van der Waals surface area contributed by atoms with Gasteiger partial charge < -0.3 is 15.1 Å². The minimum absolute atomic E-state index is 0.778. The van der Waals surface area contributed by atoms with E-state index in [0.29, 0.717) is 0 Å². The quantitative estimate of drug-likeness (QED) is 0.622. The third kappa shape index (κ3) is 8.23. The molecule has 3 heteroatoms. The summed E-state index contributed by atoms with van der Waals surface area (Å²) in [6, 6.07) is 0.818. The van der Waals surface area contributed by atoms with Crippen LogP contribution in [-0.2, 0) is 0 Å². The van der Waals surface area contributed by atoms with Gasteiger partial charge in [-0.1, -0.05) is 26.7 Å². The molecular weight excluding hydrogens is 246 g/mol. The molecule has 0 aromatic rings. The maximum absolute atomic E-state index is 3.53. The molecule has 1 heterocycles. The monoisotopic (exact) mass is 283 g/mol. The van der Waals surface area contributed by atoms with E-state index in [1.54, 1.807) is 0 Å². The number of likely N-dealkylation sites (tertiary alicyclic amines) is 1. The Balaban J connectivity index is 1.88. The van der Waals surface area contributed by atoms with Crippen molar-refractivity contribution >= 4 is 0 Å². The van der Waals surface area contributed by atoms with Crippen molar-refractivity contribution in [3.05, 3.63) is 0 Å². The zero-order chi connectivity index (χ0) is 14.8. The number of piperidine rings is 1. The van der Waals surface area contributed by atoms with Crippen molar-refractivity contribution in [3.63, 3.8) is 0 Å². The maximum atomic E-state index is 3.53. The lowest BCUT2D eigenvalue weighted by Gasteiger charge is -2.35. The number of rotatable bonds is 10. The molecule has 120 valence electrons. The lowest BCUT2D eigenvalue weighted by Crippen LogP contribution is -2.42. The standard InChI is InChI=1S/C17H37N3/c1-16(2)15-18-11-7-5-6-8-12-20-13-9-17(10-14-20)19(3)4/h16-18H,5-15H2,1-4H3. The first kappa shape index (κ1) is 17.9. The molecule has 3 nitrogen and oxygen atoms in total. The molecule has 0 aromatic heterocycles. The molecule has 0 radical (unpaired) electrons. The van der Waals surface area contributed by atoms with Crippen LogP contribution in [0.1, 0.15) is 52.4 Å². The Labute approximate surface area is 127 Å². The summed E-state index contributed by atoms with van der Waals surface area (Å²) in [5, 5.41) is 3.53. The summed E-state index contributed by atoms with van der Waals surface area (Å²) in [6.07, 6.45) is 8.22. The lowest BCUT2D eigenvalue weighted by atomic mass is 10.0. The fraction of sp³-hybridized carbons (Fsp3) is 1.00. The Kier molecular flexibility index (Phi) is 9.49. The molecule has 0 unspecified atom stereocenters. The van der Waals surface area contributed by atoms with Crippen LogP contribution in [0.15, 0.2) is 0 Å². The zero-order valence-electron chi connectivity index (χ0n) is 14.3. The average molecular weight is 284 g/mol. The number of hydrogen-bond acceptors (Lipinski definition) is 3. The summed E-state index contributed by atoms with van der Waals surface area (Å²) in [5.41, 5.74) is 0. The zero-order valence-corrected chi connectivity index (χ0v) is 14.3. The highest BCUT2D eigenvalue weighted by molar-refractivity contribution is 4.76. The Morgan fingerprint density at radius 3 is 2.30 bits per heavy atom. The second kappa shape index (κ2) is 10.6. The average Bonchev–Trinajstić information content (AvgIpc) is 2.42. The molecule has 1 N–H and O–H groups in total. The predicted octanol–water partition coefficient (Wildman–Crippen LogP) is 2.82. The van der Waals surface area contributed by atoms with E-state index in [1.165, 1.54) is 71.2 Å². The Hall–Kier alpha value is -0.120. The van der Waals surface area contributed by atoms with E-state index < -0.39 is 0 Å². The Morgan fingerprint density at radius 2 is 1.70 bits per heavy atom. The smallest absolute Gasteiger partial charge is 0.0113 e. The molecule has 0 spiro atoms. The van der Waals surface area contributed by atoms with Crippen LogP contribution in [0.5, 0.6) is 0 Å². The van der Waals surface area contributed by atoms with Crippen LogP contribution in [0, 0.1) is 5.92 Å².